The third-order valence-corrected chi connectivity index (χ3v) is 2.75. The van der Waals surface area contributed by atoms with E-state index in [1.807, 2.05) is 0 Å². The Bertz CT molecular complexity index is 606. The Hall–Kier alpha value is -1.65. The lowest BCUT2D eigenvalue weighted by molar-refractivity contribution is 0.101. The first-order valence-electron chi connectivity index (χ1n) is 5.19. The molecule has 19 heavy (non-hydrogen) atoms. The molecule has 0 spiro atoms. The van der Waals surface area contributed by atoms with Crippen molar-refractivity contribution in [3.63, 3.8) is 0 Å². The van der Waals surface area contributed by atoms with Crippen LogP contribution in [-0.2, 0) is 0 Å². The van der Waals surface area contributed by atoms with Gasteiger partial charge in [0.25, 0.3) is 5.91 Å². The molecule has 0 aromatic heterocycles. The van der Waals surface area contributed by atoms with Crippen molar-refractivity contribution in [2.45, 2.75) is 0 Å². The van der Waals surface area contributed by atoms with Gasteiger partial charge in [-0.05, 0) is 30.3 Å². The molecule has 0 aliphatic rings. The number of benzene rings is 2. The molecule has 0 heterocycles. The number of carbonyl (C=O) groups excluding carboxylic acids is 1. The fourth-order valence-electron chi connectivity index (χ4n) is 1.53. The highest BCUT2D eigenvalue weighted by atomic mass is 35.5. The Morgan fingerprint density at radius 2 is 1.53 bits per heavy atom. The number of hydrogen-bond donors (Lipinski definition) is 1. The van der Waals surface area contributed by atoms with Gasteiger partial charge in [-0.2, -0.15) is 0 Å². The third-order valence-electron chi connectivity index (χ3n) is 2.31. The van der Waals surface area contributed by atoms with Crippen molar-refractivity contribution in [1.29, 1.82) is 0 Å². The maximum atomic E-state index is 13.4. The largest absolute Gasteiger partial charge is 0.322 e. The van der Waals surface area contributed by atoms with Crippen LogP contribution in [0.3, 0.4) is 0 Å². The molecule has 1 N–H and O–H groups in total. The summed E-state index contributed by atoms with van der Waals surface area (Å²) in [6, 6.07) is 7.50. The molecule has 0 unspecified atom stereocenters. The minimum absolute atomic E-state index is 0.255. The number of carbonyl (C=O) groups is 1. The first kappa shape index (κ1) is 13.8. The van der Waals surface area contributed by atoms with Crippen LogP contribution in [-0.4, -0.2) is 5.91 Å². The normalized spacial score (nSPS) is 10.3. The van der Waals surface area contributed by atoms with Crippen LogP contribution in [0.4, 0.5) is 14.5 Å². The second-order valence-electron chi connectivity index (χ2n) is 3.71. The highest BCUT2D eigenvalue weighted by Gasteiger charge is 2.17. The van der Waals surface area contributed by atoms with Crippen LogP contribution < -0.4 is 5.32 Å². The predicted molar refractivity (Wildman–Crippen MR) is 70.8 cm³/mol. The first-order chi connectivity index (χ1) is 8.97. The Morgan fingerprint density at radius 3 is 2.05 bits per heavy atom. The fraction of sp³-hybridized carbons (Fsp3) is 0. The summed E-state index contributed by atoms with van der Waals surface area (Å²) in [6.45, 7) is 0. The summed E-state index contributed by atoms with van der Waals surface area (Å²) in [4.78, 5) is 11.8. The maximum absolute atomic E-state index is 13.4. The van der Waals surface area contributed by atoms with Gasteiger partial charge in [-0.3, -0.25) is 4.79 Å². The zero-order valence-electron chi connectivity index (χ0n) is 9.38. The van der Waals surface area contributed by atoms with Crippen molar-refractivity contribution in [2.75, 3.05) is 5.32 Å². The quantitative estimate of drug-likeness (QED) is 0.868. The molecule has 98 valence electrons. The molecule has 0 fully saturated rings. The van der Waals surface area contributed by atoms with Crippen molar-refractivity contribution in [2.24, 2.45) is 0 Å². The van der Waals surface area contributed by atoms with Crippen LogP contribution in [0.1, 0.15) is 10.4 Å². The smallest absolute Gasteiger partial charge is 0.261 e. The standard InChI is InChI=1S/C13H7Cl2F2NO/c14-7-4-8(15)6-9(5-7)18-13(19)12-10(16)2-1-3-11(12)17/h1-6H,(H,18,19). The van der Waals surface area contributed by atoms with Crippen molar-refractivity contribution >= 4 is 34.8 Å². The minimum atomic E-state index is -0.939. The highest BCUT2D eigenvalue weighted by molar-refractivity contribution is 6.35. The van der Waals surface area contributed by atoms with Gasteiger partial charge >= 0.3 is 0 Å². The van der Waals surface area contributed by atoms with Crippen molar-refractivity contribution in [3.05, 3.63) is 63.6 Å². The summed E-state index contributed by atoms with van der Waals surface area (Å²) in [5.41, 5.74) is -0.399. The van der Waals surface area contributed by atoms with Crippen molar-refractivity contribution < 1.29 is 13.6 Å². The zero-order valence-corrected chi connectivity index (χ0v) is 10.9. The van der Waals surface area contributed by atoms with E-state index in [0.717, 1.165) is 12.1 Å². The monoisotopic (exact) mass is 301 g/mol. The summed E-state index contributed by atoms with van der Waals surface area (Å²) in [5.74, 6) is -2.79. The molecule has 0 saturated carbocycles. The molecule has 0 saturated heterocycles. The van der Waals surface area contributed by atoms with E-state index in [-0.39, 0.29) is 5.69 Å². The molecule has 2 rings (SSSR count). The molecule has 0 aliphatic carbocycles. The van der Waals surface area contributed by atoms with Crippen LogP contribution in [0.5, 0.6) is 0 Å². The Morgan fingerprint density at radius 1 is 1.00 bits per heavy atom. The summed E-state index contributed by atoms with van der Waals surface area (Å²) in [7, 11) is 0. The van der Waals surface area contributed by atoms with Gasteiger partial charge in [0.2, 0.25) is 0 Å². The van der Waals surface area contributed by atoms with Crippen molar-refractivity contribution in [1.82, 2.24) is 0 Å². The Balaban J connectivity index is 2.31. The van der Waals surface area contributed by atoms with Crippen LogP contribution in [0, 0.1) is 11.6 Å². The summed E-state index contributed by atoms with van der Waals surface area (Å²) >= 11 is 11.5. The summed E-state index contributed by atoms with van der Waals surface area (Å²) < 4.78 is 26.8. The second kappa shape index (κ2) is 5.55. The minimum Gasteiger partial charge on any atom is -0.322 e. The summed E-state index contributed by atoms with van der Waals surface area (Å²) in [5, 5.41) is 2.94. The van der Waals surface area contributed by atoms with Crippen LogP contribution in [0.25, 0.3) is 0 Å². The van der Waals surface area contributed by atoms with Gasteiger partial charge in [0.15, 0.2) is 0 Å². The zero-order chi connectivity index (χ0) is 14.0. The van der Waals surface area contributed by atoms with Gasteiger partial charge in [0.05, 0.1) is 0 Å². The van der Waals surface area contributed by atoms with E-state index in [1.54, 1.807) is 0 Å². The average molecular weight is 302 g/mol. The number of amides is 1. The lowest BCUT2D eigenvalue weighted by Gasteiger charge is -2.07. The fourth-order valence-corrected chi connectivity index (χ4v) is 2.06. The number of rotatable bonds is 2. The molecule has 2 nitrogen and oxygen atoms in total. The number of halogens is 4. The second-order valence-corrected chi connectivity index (χ2v) is 4.58. The average Bonchev–Trinajstić information content (AvgIpc) is 2.26. The van der Waals surface area contributed by atoms with Gasteiger partial charge in [-0.25, -0.2) is 8.78 Å². The molecular weight excluding hydrogens is 295 g/mol. The highest BCUT2D eigenvalue weighted by Crippen LogP contribution is 2.23. The molecule has 0 bridgehead atoms. The van der Waals surface area contributed by atoms with E-state index in [1.165, 1.54) is 24.3 Å². The van der Waals surface area contributed by atoms with Gasteiger partial charge < -0.3 is 5.32 Å². The van der Waals surface area contributed by atoms with Crippen molar-refractivity contribution in [3.8, 4) is 0 Å². The molecular formula is C13H7Cl2F2NO. The summed E-state index contributed by atoms with van der Waals surface area (Å²) in [6.07, 6.45) is 0. The van der Waals surface area contributed by atoms with E-state index in [4.69, 9.17) is 23.2 Å². The topological polar surface area (TPSA) is 29.1 Å². The van der Waals surface area contributed by atoms with E-state index < -0.39 is 23.1 Å². The lowest BCUT2D eigenvalue weighted by Crippen LogP contribution is -2.15. The third kappa shape index (κ3) is 3.22. The molecule has 1 amide bonds. The van der Waals surface area contributed by atoms with E-state index >= 15 is 0 Å². The predicted octanol–water partition coefficient (Wildman–Crippen LogP) is 4.52. The van der Waals surface area contributed by atoms with E-state index in [9.17, 15) is 13.6 Å². The maximum Gasteiger partial charge on any atom is 0.261 e. The van der Waals surface area contributed by atoms with Gasteiger partial charge in [0.1, 0.15) is 17.2 Å². The van der Waals surface area contributed by atoms with Crippen LogP contribution in [0.15, 0.2) is 36.4 Å². The molecule has 0 atom stereocenters. The Labute approximate surface area is 118 Å². The molecule has 2 aromatic rings. The number of hydrogen-bond acceptors (Lipinski definition) is 1. The van der Waals surface area contributed by atoms with Gasteiger partial charge in [0, 0.05) is 15.7 Å². The molecule has 2 aromatic carbocycles. The molecule has 0 radical (unpaired) electrons. The molecule has 0 aliphatic heterocycles. The van der Waals surface area contributed by atoms with E-state index in [0.29, 0.717) is 10.0 Å². The first-order valence-corrected chi connectivity index (χ1v) is 5.94. The molecule has 6 heteroatoms. The Kier molecular flexibility index (Phi) is 4.02. The van der Waals surface area contributed by atoms with Gasteiger partial charge in [-0.1, -0.05) is 29.3 Å². The van der Waals surface area contributed by atoms with E-state index in [2.05, 4.69) is 5.32 Å². The number of nitrogens with one attached hydrogen (secondary N) is 1. The SMILES string of the molecule is O=C(Nc1cc(Cl)cc(Cl)c1)c1c(F)cccc1F. The van der Waals surface area contributed by atoms with Crippen LogP contribution >= 0.6 is 23.2 Å². The van der Waals surface area contributed by atoms with Crippen LogP contribution in [0.2, 0.25) is 10.0 Å². The number of anilines is 1. The lowest BCUT2D eigenvalue weighted by atomic mass is 10.2. The van der Waals surface area contributed by atoms with Gasteiger partial charge in [-0.15, -0.1) is 0 Å².